The molecule has 2 N–H and O–H groups in total. The molecule has 4 heteroatoms. The second-order valence-corrected chi connectivity index (χ2v) is 4.38. The van der Waals surface area contributed by atoms with Crippen molar-refractivity contribution in [1.82, 2.24) is 4.90 Å². The van der Waals surface area contributed by atoms with E-state index < -0.39 is 5.60 Å². The minimum absolute atomic E-state index is 0.158. The van der Waals surface area contributed by atoms with Crippen molar-refractivity contribution < 1.29 is 9.53 Å². The lowest BCUT2D eigenvalue weighted by molar-refractivity contribution is 0.0231. The second kappa shape index (κ2) is 3.54. The zero-order valence-corrected chi connectivity index (χ0v) is 8.54. The SMILES string of the molecule is CC(C)(C)OC(=O)N1CCC[C@H]1N. The summed E-state index contributed by atoms with van der Waals surface area (Å²) < 4.78 is 5.20. The van der Waals surface area contributed by atoms with Crippen LogP contribution in [0.2, 0.25) is 0 Å². The maximum atomic E-state index is 11.5. The summed E-state index contributed by atoms with van der Waals surface area (Å²) in [5.74, 6) is 0. The topological polar surface area (TPSA) is 55.6 Å². The molecule has 76 valence electrons. The second-order valence-electron chi connectivity index (χ2n) is 4.38. The van der Waals surface area contributed by atoms with E-state index in [2.05, 4.69) is 0 Å². The standard InChI is InChI=1S/C9H18N2O2/c1-9(2,3)13-8(12)11-6-4-5-7(11)10/h7H,4-6,10H2,1-3H3/t7-/m0/s1. The van der Waals surface area contributed by atoms with Crippen LogP contribution in [0.1, 0.15) is 33.6 Å². The lowest BCUT2D eigenvalue weighted by atomic mass is 10.2. The minimum Gasteiger partial charge on any atom is -0.444 e. The molecule has 13 heavy (non-hydrogen) atoms. The summed E-state index contributed by atoms with van der Waals surface area (Å²) in [4.78, 5) is 13.1. The zero-order chi connectivity index (χ0) is 10.1. The van der Waals surface area contributed by atoms with Crippen LogP contribution in [0.4, 0.5) is 4.79 Å². The van der Waals surface area contributed by atoms with Crippen LogP contribution in [0.5, 0.6) is 0 Å². The number of hydrogen-bond acceptors (Lipinski definition) is 3. The van der Waals surface area contributed by atoms with Gasteiger partial charge in [0.05, 0.1) is 6.17 Å². The first-order chi connectivity index (χ1) is 5.90. The van der Waals surface area contributed by atoms with Crippen molar-refractivity contribution in [1.29, 1.82) is 0 Å². The van der Waals surface area contributed by atoms with Gasteiger partial charge in [0.1, 0.15) is 5.60 Å². The lowest BCUT2D eigenvalue weighted by Crippen LogP contribution is -2.43. The van der Waals surface area contributed by atoms with Crippen LogP contribution >= 0.6 is 0 Å². The number of nitrogens with zero attached hydrogens (tertiary/aromatic N) is 1. The van der Waals surface area contributed by atoms with E-state index in [-0.39, 0.29) is 12.3 Å². The van der Waals surface area contributed by atoms with Gasteiger partial charge in [0, 0.05) is 6.54 Å². The number of amides is 1. The first-order valence-electron chi connectivity index (χ1n) is 4.65. The van der Waals surface area contributed by atoms with E-state index >= 15 is 0 Å². The Balaban J connectivity index is 2.48. The third kappa shape index (κ3) is 2.88. The van der Waals surface area contributed by atoms with Crippen molar-refractivity contribution >= 4 is 6.09 Å². The van der Waals surface area contributed by atoms with Crippen LogP contribution < -0.4 is 5.73 Å². The van der Waals surface area contributed by atoms with Gasteiger partial charge in [-0.3, -0.25) is 4.90 Å². The van der Waals surface area contributed by atoms with Crippen molar-refractivity contribution in [3.63, 3.8) is 0 Å². The molecule has 1 fully saturated rings. The fraction of sp³-hybridized carbons (Fsp3) is 0.889. The summed E-state index contributed by atoms with van der Waals surface area (Å²) >= 11 is 0. The average molecular weight is 186 g/mol. The Morgan fingerprint density at radius 1 is 1.54 bits per heavy atom. The first kappa shape index (κ1) is 10.3. The van der Waals surface area contributed by atoms with Crippen LogP contribution in [0.25, 0.3) is 0 Å². The molecule has 0 radical (unpaired) electrons. The Morgan fingerprint density at radius 3 is 2.54 bits per heavy atom. The molecule has 0 saturated carbocycles. The highest BCUT2D eigenvalue weighted by Crippen LogP contribution is 2.17. The summed E-state index contributed by atoms with van der Waals surface area (Å²) in [5, 5.41) is 0. The highest BCUT2D eigenvalue weighted by atomic mass is 16.6. The van der Waals surface area contributed by atoms with Gasteiger partial charge < -0.3 is 10.5 Å². The maximum Gasteiger partial charge on any atom is 0.411 e. The molecular weight excluding hydrogens is 168 g/mol. The Morgan fingerprint density at radius 2 is 2.15 bits per heavy atom. The third-order valence-corrected chi connectivity index (χ3v) is 1.93. The number of nitrogens with two attached hydrogens (primary N) is 1. The molecule has 1 amide bonds. The molecule has 0 aromatic rings. The summed E-state index contributed by atoms with van der Waals surface area (Å²) in [5.41, 5.74) is 5.29. The Kier molecular flexibility index (Phi) is 2.81. The van der Waals surface area contributed by atoms with Crippen molar-refractivity contribution in [2.75, 3.05) is 6.54 Å². The van der Waals surface area contributed by atoms with Gasteiger partial charge in [-0.15, -0.1) is 0 Å². The molecule has 1 aliphatic rings. The molecule has 1 rings (SSSR count). The summed E-state index contributed by atoms with van der Waals surface area (Å²) in [6.45, 7) is 6.28. The molecule has 1 aliphatic heterocycles. The van der Waals surface area contributed by atoms with Crippen molar-refractivity contribution in [3.05, 3.63) is 0 Å². The average Bonchev–Trinajstić information content (AvgIpc) is 2.30. The molecule has 0 aromatic heterocycles. The van der Waals surface area contributed by atoms with Crippen LogP contribution in [-0.4, -0.2) is 29.3 Å². The van der Waals surface area contributed by atoms with Crippen LogP contribution in [0.15, 0.2) is 0 Å². The fourth-order valence-electron chi connectivity index (χ4n) is 1.34. The maximum absolute atomic E-state index is 11.5. The van der Waals surface area contributed by atoms with E-state index in [0.717, 1.165) is 19.4 Å². The molecule has 0 unspecified atom stereocenters. The highest BCUT2D eigenvalue weighted by molar-refractivity contribution is 5.68. The van der Waals surface area contributed by atoms with Crippen LogP contribution in [-0.2, 0) is 4.74 Å². The first-order valence-corrected chi connectivity index (χ1v) is 4.65. The molecule has 1 saturated heterocycles. The highest BCUT2D eigenvalue weighted by Gasteiger charge is 2.29. The van der Waals surface area contributed by atoms with Crippen molar-refractivity contribution in [2.24, 2.45) is 5.73 Å². The molecule has 0 aliphatic carbocycles. The van der Waals surface area contributed by atoms with Gasteiger partial charge >= 0.3 is 6.09 Å². The van der Waals surface area contributed by atoms with E-state index in [0.29, 0.717) is 0 Å². The van der Waals surface area contributed by atoms with Crippen LogP contribution in [0.3, 0.4) is 0 Å². The predicted molar refractivity (Wildman–Crippen MR) is 50.1 cm³/mol. The van der Waals surface area contributed by atoms with Gasteiger partial charge in [-0.2, -0.15) is 0 Å². The van der Waals surface area contributed by atoms with E-state index in [4.69, 9.17) is 10.5 Å². The van der Waals surface area contributed by atoms with Gasteiger partial charge in [-0.1, -0.05) is 0 Å². The van der Waals surface area contributed by atoms with Gasteiger partial charge in [-0.25, -0.2) is 4.79 Å². The van der Waals surface area contributed by atoms with Gasteiger partial charge in [-0.05, 0) is 33.6 Å². The molecule has 4 nitrogen and oxygen atoms in total. The summed E-state index contributed by atoms with van der Waals surface area (Å²) in [7, 11) is 0. The van der Waals surface area contributed by atoms with E-state index in [1.54, 1.807) is 4.90 Å². The molecule has 0 aromatic carbocycles. The fourth-order valence-corrected chi connectivity index (χ4v) is 1.34. The van der Waals surface area contributed by atoms with Gasteiger partial charge in [0.15, 0.2) is 0 Å². The van der Waals surface area contributed by atoms with E-state index in [1.807, 2.05) is 20.8 Å². The van der Waals surface area contributed by atoms with E-state index in [9.17, 15) is 4.79 Å². The molecule has 0 bridgehead atoms. The monoisotopic (exact) mass is 186 g/mol. The van der Waals surface area contributed by atoms with Crippen LogP contribution in [0, 0.1) is 0 Å². The minimum atomic E-state index is -0.431. The number of hydrogen-bond donors (Lipinski definition) is 1. The van der Waals surface area contributed by atoms with E-state index in [1.165, 1.54) is 0 Å². The number of ether oxygens (including phenoxy) is 1. The van der Waals surface area contributed by atoms with Crippen molar-refractivity contribution in [2.45, 2.75) is 45.4 Å². The Bertz CT molecular complexity index is 198. The third-order valence-electron chi connectivity index (χ3n) is 1.93. The number of likely N-dealkylation sites (tertiary alicyclic amines) is 1. The number of carbonyl (C=O) groups is 1. The van der Waals surface area contributed by atoms with Crippen molar-refractivity contribution in [3.8, 4) is 0 Å². The Labute approximate surface area is 79.0 Å². The Hall–Kier alpha value is -0.770. The number of carbonyl (C=O) groups excluding carboxylic acids is 1. The smallest absolute Gasteiger partial charge is 0.411 e. The summed E-state index contributed by atoms with van der Waals surface area (Å²) in [6.07, 6.45) is 1.40. The quantitative estimate of drug-likeness (QED) is 0.620. The molecule has 0 spiro atoms. The lowest BCUT2D eigenvalue weighted by Gasteiger charge is -2.26. The predicted octanol–water partition coefficient (Wildman–Crippen LogP) is 1.30. The zero-order valence-electron chi connectivity index (χ0n) is 8.54. The summed E-state index contributed by atoms with van der Waals surface area (Å²) in [6, 6.07) is 0. The molecule has 1 atom stereocenters. The normalized spacial score (nSPS) is 23.4. The van der Waals surface area contributed by atoms with Gasteiger partial charge in [0.25, 0.3) is 0 Å². The largest absolute Gasteiger partial charge is 0.444 e. The molecule has 1 heterocycles. The number of rotatable bonds is 0. The van der Waals surface area contributed by atoms with Gasteiger partial charge in [0.2, 0.25) is 0 Å². The molecular formula is C9H18N2O2.